The SMILES string of the molecule is c1ccc(-c2ccc3c4c(cccc24)-c2cc(-c4ccccc4-c4ccc5c(c4)c4ccccc4n5-c4ccccc4)ccc2O3)cc1. The van der Waals surface area contributed by atoms with Gasteiger partial charge in [0.25, 0.3) is 0 Å². The van der Waals surface area contributed by atoms with E-state index in [-0.39, 0.29) is 0 Å². The largest absolute Gasteiger partial charge is 0.456 e. The Morgan fingerprint density at radius 2 is 0.958 bits per heavy atom. The van der Waals surface area contributed by atoms with Crippen molar-refractivity contribution in [1.29, 1.82) is 0 Å². The van der Waals surface area contributed by atoms with Gasteiger partial charge < -0.3 is 9.30 Å². The van der Waals surface area contributed by atoms with E-state index in [0.29, 0.717) is 0 Å². The van der Waals surface area contributed by atoms with Crippen molar-refractivity contribution in [2.75, 3.05) is 0 Å². The predicted molar refractivity (Wildman–Crippen MR) is 200 cm³/mol. The van der Waals surface area contributed by atoms with Gasteiger partial charge >= 0.3 is 0 Å². The molecule has 0 saturated carbocycles. The van der Waals surface area contributed by atoms with Crippen molar-refractivity contribution in [2.45, 2.75) is 0 Å². The van der Waals surface area contributed by atoms with E-state index in [2.05, 4.69) is 180 Å². The smallest absolute Gasteiger partial charge is 0.135 e. The molecule has 0 amide bonds. The van der Waals surface area contributed by atoms with E-state index in [1.54, 1.807) is 0 Å². The fourth-order valence-corrected chi connectivity index (χ4v) is 7.65. The van der Waals surface area contributed by atoms with Crippen LogP contribution in [-0.2, 0) is 0 Å². The van der Waals surface area contributed by atoms with Crippen molar-refractivity contribution in [3.05, 3.63) is 176 Å². The maximum absolute atomic E-state index is 6.57. The van der Waals surface area contributed by atoms with Crippen LogP contribution in [0, 0.1) is 0 Å². The molecule has 1 aromatic heterocycles. The first kappa shape index (κ1) is 26.8. The summed E-state index contributed by atoms with van der Waals surface area (Å²) in [6.07, 6.45) is 0. The Balaban J connectivity index is 1.13. The molecule has 0 unspecified atom stereocenters. The van der Waals surface area contributed by atoms with Crippen LogP contribution in [0.1, 0.15) is 0 Å². The van der Waals surface area contributed by atoms with Gasteiger partial charge in [-0.25, -0.2) is 0 Å². The van der Waals surface area contributed by atoms with Gasteiger partial charge in [-0.2, -0.15) is 0 Å². The topological polar surface area (TPSA) is 14.2 Å². The lowest BCUT2D eigenvalue weighted by Gasteiger charge is -2.23. The first-order valence-corrected chi connectivity index (χ1v) is 16.4. The van der Waals surface area contributed by atoms with Crippen LogP contribution in [0.25, 0.3) is 82.8 Å². The summed E-state index contributed by atoms with van der Waals surface area (Å²) in [4.78, 5) is 0. The summed E-state index contributed by atoms with van der Waals surface area (Å²) in [7, 11) is 0. The second kappa shape index (κ2) is 10.6. The van der Waals surface area contributed by atoms with Crippen molar-refractivity contribution in [2.24, 2.45) is 0 Å². The van der Waals surface area contributed by atoms with Gasteiger partial charge in [-0.05, 0) is 92.9 Å². The minimum absolute atomic E-state index is 0.888. The molecule has 1 aliphatic heterocycles. The Labute approximate surface area is 278 Å². The monoisotopic (exact) mass is 611 g/mol. The Kier molecular flexibility index (Phi) is 5.91. The van der Waals surface area contributed by atoms with Gasteiger partial charge in [-0.3, -0.25) is 0 Å². The van der Waals surface area contributed by atoms with Gasteiger partial charge in [-0.1, -0.05) is 127 Å². The van der Waals surface area contributed by atoms with E-state index in [9.17, 15) is 0 Å². The number of nitrogens with zero attached hydrogens (tertiary/aromatic N) is 1. The van der Waals surface area contributed by atoms with Crippen LogP contribution in [-0.4, -0.2) is 4.57 Å². The lowest BCUT2D eigenvalue weighted by Crippen LogP contribution is -1.98. The summed E-state index contributed by atoms with van der Waals surface area (Å²) in [5, 5.41) is 4.87. The standard InChI is InChI=1S/C46H29NO/c1-3-12-30(13-4-1)36-24-27-45-46-38(36)19-11-20-39(46)41-29-32(23-26-44(41)48-45)35-17-8-7-16-34(35)31-22-25-43-40(28-31)37-18-9-10-21-42(37)47(43)33-14-5-2-6-15-33/h1-29H. The summed E-state index contributed by atoms with van der Waals surface area (Å²) in [5.74, 6) is 1.79. The van der Waals surface area contributed by atoms with Gasteiger partial charge in [0.2, 0.25) is 0 Å². The van der Waals surface area contributed by atoms with Crippen LogP contribution in [0.15, 0.2) is 176 Å². The van der Waals surface area contributed by atoms with E-state index in [4.69, 9.17) is 4.74 Å². The van der Waals surface area contributed by atoms with E-state index >= 15 is 0 Å². The summed E-state index contributed by atoms with van der Waals surface area (Å²) in [5.41, 5.74) is 13.1. The minimum Gasteiger partial charge on any atom is -0.456 e. The lowest BCUT2D eigenvalue weighted by molar-refractivity contribution is 0.487. The van der Waals surface area contributed by atoms with Crippen LogP contribution < -0.4 is 4.74 Å². The average Bonchev–Trinajstić information content (AvgIpc) is 3.49. The highest BCUT2D eigenvalue weighted by atomic mass is 16.5. The summed E-state index contributed by atoms with van der Waals surface area (Å²) >= 11 is 0. The third-order valence-electron chi connectivity index (χ3n) is 9.81. The quantitative estimate of drug-likeness (QED) is 0.193. The molecule has 0 aliphatic carbocycles. The highest BCUT2D eigenvalue weighted by molar-refractivity contribution is 6.12. The number of rotatable bonds is 4. The van der Waals surface area contributed by atoms with Crippen LogP contribution in [0.5, 0.6) is 11.5 Å². The molecule has 2 heterocycles. The molecule has 10 rings (SSSR count). The third kappa shape index (κ3) is 4.06. The Morgan fingerprint density at radius 3 is 1.79 bits per heavy atom. The highest BCUT2D eigenvalue weighted by Gasteiger charge is 2.23. The zero-order chi connectivity index (χ0) is 31.6. The molecule has 0 atom stereocenters. The molecule has 0 radical (unpaired) electrons. The molecule has 0 bridgehead atoms. The fraction of sp³-hybridized carbons (Fsp3) is 0. The number of aromatic nitrogens is 1. The van der Waals surface area contributed by atoms with Gasteiger partial charge in [0.1, 0.15) is 11.5 Å². The van der Waals surface area contributed by atoms with Crippen molar-refractivity contribution in [3.8, 4) is 61.7 Å². The molecule has 9 aromatic rings. The third-order valence-corrected chi connectivity index (χ3v) is 9.81. The maximum Gasteiger partial charge on any atom is 0.135 e. The van der Waals surface area contributed by atoms with Gasteiger partial charge in [0.05, 0.1) is 11.0 Å². The molecule has 0 saturated heterocycles. The zero-order valence-corrected chi connectivity index (χ0v) is 26.1. The van der Waals surface area contributed by atoms with Crippen molar-refractivity contribution in [3.63, 3.8) is 0 Å². The summed E-state index contributed by atoms with van der Waals surface area (Å²) in [6.45, 7) is 0. The highest BCUT2D eigenvalue weighted by Crippen LogP contribution is 2.50. The number of fused-ring (bicyclic) bond motifs is 5. The second-order valence-electron chi connectivity index (χ2n) is 12.5. The number of benzene rings is 8. The number of hydrogen-bond donors (Lipinski definition) is 0. The molecular weight excluding hydrogens is 583 g/mol. The molecule has 1 aliphatic rings. The van der Waals surface area contributed by atoms with E-state index in [0.717, 1.165) is 22.4 Å². The van der Waals surface area contributed by atoms with Gasteiger partial charge in [0.15, 0.2) is 0 Å². The van der Waals surface area contributed by atoms with Crippen LogP contribution in [0.2, 0.25) is 0 Å². The average molecular weight is 612 g/mol. The molecule has 8 aromatic carbocycles. The molecule has 2 nitrogen and oxygen atoms in total. The molecule has 0 spiro atoms. The normalized spacial score (nSPS) is 11.9. The Morgan fingerprint density at radius 1 is 0.333 bits per heavy atom. The first-order valence-electron chi connectivity index (χ1n) is 16.4. The fourth-order valence-electron chi connectivity index (χ4n) is 7.65. The maximum atomic E-state index is 6.57. The van der Waals surface area contributed by atoms with Crippen molar-refractivity contribution in [1.82, 2.24) is 4.57 Å². The first-order chi connectivity index (χ1) is 23.8. The zero-order valence-electron chi connectivity index (χ0n) is 26.1. The minimum atomic E-state index is 0.888. The predicted octanol–water partition coefficient (Wildman–Crippen LogP) is 12.7. The lowest BCUT2D eigenvalue weighted by atomic mass is 9.88. The van der Waals surface area contributed by atoms with Gasteiger partial charge in [-0.15, -0.1) is 0 Å². The Hall–Kier alpha value is -6.38. The molecule has 48 heavy (non-hydrogen) atoms. The molecule has 0 N–H and O–H groups in total. The molecule has 0 fully saturated rings. The summed E-state index contributed by atoms with van der Waals surface area (Å²) < 4.78 is 8.94. The molecule has 2 heteroatoms. The van der Waals surface area contributed by atoms with E-state index in [1.807, 2.05) is 0 Å². The second-order valence-corrected chi connectivity index (χ2v) is 12.5. The number of para-hydroxylation sites is 2. The van der Waals surface area contributed by atoms with Crippen LogP contribution in [0.3, 0.4) is 0 Å². The number of ether oxygens (including phenoxy) is 1. The van der Waals surface area contributed by atoms with Gasteiger partial charge in [0, 0.05) is 27.4 Å². The van der Waals surface area contributed by atoms with Crippen LogP contribution in [0.4, 0.5) is 0 Å². The van der Waals surface area contributed by atoms with E-state index in [1.165, 1.54) is 71.8 Å². The van der Waals surface area contributed by atoms with Crippen molar-refractivity contribution < 1.29 is 4.74 Å². The molecular formula is C46H29NO. The van der Waals surface area contributed by atoms with Crippen molar-refractivity contribution >= 4 is 32.6 Å². The molecule has 224 valence electrons. The number of hydrogen-bond acceptors (Lipinski definition) is 1. The summed E-state index contributed by atoms with van der Waals surface area (Å²) in [6, 6.07) is 63.1. The van der Waals surface area contributed by atoms with Crippen LogP contribution >= 0.6 is 0 Å². The Bertz CT molecular complexity index is 2690. The van der Waals surface area contributed by atoms with E-state index < -0.39 is 0 Å².